The topological polar surface area (TPSA) is 101 Å². The van der Waals surface area contributed by atoms with Crippen molar-refractivity contribution in [1.82, 2.24) is 0 Å². The molecule has 1 fully saturated rings. The third kappa shape index (κ3) is 3.04. The second kappa shape index (κ2) is 5.06. The fourth-order valence-corrected chi connectivity index (χ4v) is 4.18. The number of aliphatic hydroxyl groups is 1. The Balaban J connectivity index is 2.31. The zero-order valence-corrected chi connectivity index (χ0v) is 11.9. The van der Waals surface area contributed by atoms with Crippen LogP contribution in [0.4, 0.5) is 10.7 Å². The van der Waals surface area contributed by atoms with Crippen molar-refractivity contribution in [3.8, 4) is 0 Å². The van der Waals surface area contributed by atoms with E-state index in [1.165, 1.54) is 6.07 Å². The second-order valence-electron chi connectivity index (χ2n) is 4.41. The fourth-order valence-electron chi connectivity index (χ4n) is 1.87. The van der Waals surface area contributed by atoms with Gasteiger partial charge in [0, 0.05) is 24.0 Å². The summed E-state index contributed by atoms with van der Waals surface area (Å²) in [5.74, 6) is 0.0120. The first-order valence-electron chi connectivity index (χ1n) is 5.72. The minimum atomic E-state index is -3.02. The van der Waals surface area contributed by atoms with Gasteiger partial charge in [0.15, 0.2) is 14.8 Å². The average Bonchev–Trinajstić information content (AvgIpc) is 2.74. The van der Waals surface area contributed by atoms with E-state index in [1.54, 1.807) is 11.8 Å². The summed E-state index contributed by atoms with van der Waals surface area (Å²) < 4.78 is 22.7. The van der Waals surface area contributed by atoms with Crippen LogP contribution in [0.25, 0.3) is 0 Å². The molecule has 7 nitrogen and oxygen atoms in total. The van der Waals surface area contributed by atoms with Crippen molar-refractivity contribution in [2.45, 2.75) is 13.0 Å². The van der Waals surface area contributed by atoms with Crippen LogP contribution in [0.2, 0.25) is 0 Å². The van der Waals surface area contributed by atoms with E-state index in [2.05, 4.69) is 0 Å². The Morgan fingerprint density at radius 2 is 2.05 bits per heavy atom. The van der Waals surface area contributed by atoms with E-state index in [4.69, 9.17) is 0 Å². The van der Waals surface area contributed by atoms with E-state index < -0.39 is 20.9 Å². The number of thiophene rings is 1. The van der Waals surface area contributed by atoms with Crippen molar-refractivity contribution < 1.29 is 18.4 Å². The van der Waals surface area contributed by atoms with Crippen molar-refractivity contribution in [1.29, 1.82) is 0 Å². The number of hydrogen-bond donors (Lipinski definition) is 1. The van der Waals surface area contributed by atoms with Gasteiger partial charge in [-0.2, -0.15) is 0 Å². The lowest BCUT2D eigenvalue weighted by Gasteiger charge is -2.26. The van der Waals surface area contributed by atoms with Gasteiger partial charge in [0.1, 0.15) is 0 Å². The van der Waals surface area contributed by atoms with Crippen LogP contribution in [-0.2, 0) is 9.84 Å². The standard InChI is InChI=1S/C10H14N2O5S2/c1-7(13)9-6-8(12(14)15)10(18-9)11-2-4-19(16,17)5-3-11/h6-7,13H,2-5H2,1H3/t7-/m0/s1. The largest absolute Gasteiger partial charge is 0.388 e. The van der Waals surface area contributed by atoms with E-state index in [1.807, 2.05) is 0 Å². The molecule has 0 saturated carbocycles. The Morgan fingerprint density at radius 1 is 1.47 bits per heavy atom. The summed E-state index contributed by atoms with van der Waals surface area (Å²) in [4.78, 5) is 12.7. The molecule has 2 rings (SSSR count). The molecule has 0 aliphatic carbocycles. The van der Waals surface area contributed by atoms with Gasteiger partial charge in [-0.15, -0.1) is 11.3 Å². The summed E-state index contributed by atoms with van der Waals surface area (Å²) >= 11 is 1.14. The van der Waals surface area contributed by atoms with Crippen LogP contribution in [0, 0.1) is 10.1 Å². The third-order valence-electron chi connectivity index (χ3n) is 2.95. The molecule has 0 bridgehead atoms. The molecule has 106 valence electrons. The average molecular weight is 306 g/mol. The molecule has 1 aliphatic rings. The van der Waals surface area contributed by atoms with Crippen LogP contribution in [0.5, 0.6) is 0 Å². The second-order valence-corrected chi connectivity index (χ2v) is 7.78. The minimum Gasteiger partial charge on any atom is -0.388 e. The predicted octanol–water partition coefficient (Wildman–Crippen LogP) is 0.944. The van der Waals surface area contributed by atoms with Crippen LogP contribution >= 0.6 is 11.3 Å². The van der Waals surface area contributed by atoms with Gasteiger partial charge in [-0.3, -0.25) is 10.1 Å². The van der Waals surface area contributed by atoms with E-state index >= 15 is 0 Å². The molecule has 1 atom stereocenters. The molecule has 2 heterocycles. The number of nitro groups is 1. The first-order chi connectivity index (χ1) is 8.80. The third-order valence-corrected chi connectivity index (χ3v) is 5.92. The lowest BCUT2D eigenvalue weighted by molar-refractivity contribution is -0.383. The van der Waals surface area contributed by atoms with Crippen molar-refractivity contribution in [3.63, 3.8) is 0 Å². The Morgan fingerprint density at radius 3 is 2.53 bits per heavy atom. The molecule has 19 heavy (non-hydrogen) atoms. The van der Waals surface area contributed by atoms with Gasteiger partial charge in [0.05, 0.1) is 22.5 Å². The van der Waals surface area contributed by atoms with Gasteiger partial charge in [-0.05, 0) is 6.92 Å². The Labute approximate surface area is 114 Å². The molecule has 9 heteroatoms. The molecular weight excluding hydrogens is 292 g/mol. The molecule has 0 radical (unpaired) electrons. The highest BCUT2D eigenvalue weighted by Crippen LogP contribution is 2.40. The molecule has 1 aromatic rings. The van der Waals surface area contributed by atoms with Crippen LogP contribution in [0.1, 0.15) is 17.9 Å². The summed E-state index contributed by atoms with van der Waals surface area (Å²) in [5.41, 5.74) is -0.0693. The molecule has 0 aromatic carbocycles. The number of rotatable bonds is 3. The van der Waals surface area contributed by atoms with Gasteiger partial charge >= 0.3 is 5.69 Å². The number of nitrogens with zero attached hydrogens (tertiary/aromatic N) is 2. The predicted molar refractivity (Wildman–Crippen MR) is 72.5 cm³/mol. The molecule has 0 spiro atoms. The van der Waals surface area contributed by atoms with E-state index in [-0.39, 0.29) is 30.3 Å². The monoisotopic (exact) mass is 306 g/mol. The first-order valence-corrected chi connectivity index (χ1v) is 8.35. The summed E-state index contributed by atoms with van der Waals surface area (Å²) in [6, 6.07) is 1.35. The smallest absolute Gasteiger partial charge is 0.304 e. The zero-order valence-electron chi connectivity index (χ0n) is 10.3. The van der Waals surface area contributed by atoms with Crippen molar-refractivity contribution in [3.05, 3.63) is 21.1 Å². The van der Waals surface area contributed by atoms with E-state index in [9.17, 15) is 23.6 Å². The van der Waals surface area contributed by atoms with E-state index in [0.717, 1.165) is 11.3 Å². The molecule has 1 aromatic heterocycles. The highest BCUT2D eigenvalue weighted by atomic mass is 32.2. The van der Waals surface area contributed by atoms with Gasteiger partial charge in [0.2, 0.25) is 0 Å². The van der Waals surface area contributed by atoms with Gasteiger partial charge < -0.3 is 10.0 Å². The Bertz CT molecular complexity index is 579. The molecule has 0 amide bonds. The van der Waals surface area contributed by atoms with Gasteiger partial charge in [-0.1, -0.05) is 0 Å². The maximum absolute atomic E-state index is 11.4. The number of hydrogen-bond acceptors (Lipinski definition) is 7. The lowest BCUT2D eigenvalue weighted by atomic mass is 10.3. The molecular formula is C10H14N2O5S2. The highest BCUT2D eigenvalue weighted by molar-refractivity contribution is 7.91. The summed E-state index contributed by atoms with van der Waals surface area (Å²) in [7, 11) is -3.02. The van der Waals surface area contributed by atoms with Gasteiger partial charge in [0.25, 0.3) is 0 Å². The quantitative estimate of drug-likeness (QED) is 0.659. The van der Waals surface area contributed by atoms with Crippen LogP contribution in [0.15, 0.2) is 6.07 Å². The lowest BCUT2D eigenvalue weighted by Crippen LogP contribution is -2.40. The summed E-state index contributed by atoms with van der Waals surface area (Å²) in [5, 5.41) is 20.9. The Kier molecular flexibility index (Phi) is 3.79. The summed E-state index contributed by atoms with van der Waals surface area (Å²) in [6.45, 7) is 2.05. The molecule has 0 unspecified atom stereocenters. The first kappa shape index (κ1) is 14.2. The van der Waals surface area contributed by atoms with E-state index in [0.29, 0.717) is 9.88 Å². The van der Waals surface area contributed by atoms with Crippen molar-refractivity contribution in [2.75, 3.05) is 29.5 Å². The number of anilines is 1. The maximum atomic E-state index is 11.4. The SMILES string of the molecule is C[C@H](O)c1cc([N+](=O)[O-])c(N2CCS(=O)(=O)CC2)s1. The fraction of sp³-hybridized carbons (Fsp3) is 0.600. The number of aliphatic hydroxyl groups excluding tert-OH is 1. The minimum absolute atomic E-state index is 0.00602. The normalized spacial score (nSPS) is 20.2. The zero-order chi connectivity index (χ0) is 14.2. The maximum Gasteiger partial charge on any atom is 0.304 e. The van der Waals surface area contributed by atoms with Crippen molar-refractivity contribution >= 4 is 31.9 Å². The highest BCUT2D eigenvalue weighted by Gasteiger charge is 2.29. The van der Waals surface area contributed by atoms with Crippen LogP contribution in [0.3, 0.4) is 0 Å². The van der Waals surface area contributed by atoms with Crippen molar-refractivity contribution in [2.24, 2.45) is 0 Å². The Hall–Kier alpha value is -1.19. The van der Waals surface area contributed by atoms with Crippen LogP contribution in [-0.4, -0.2) is 43.0 Å². The molecule has 1 N–H and O–H groups in total. The van der Waals surface area contributed by atoms with Crippen LogP contribution < -0.4 is 4.90 Å². The number of sulfone groups is 1. The summed E-state index contributed by atoms with van der Waals surface area (Å²) in [6.07, 6.45) is -0.772. The van der Waals surface area contributed by atoms with Gasteiger partial charge in [-0.25, -0.2) is 8.42 Å². The molecule has 1 saturated heterocycles. The molecule has 1 aliphatic heterocycles.